The van der Waals surface area contributed by atoms with Crippen LogP contribution in [-0.4, -0.2) is 19.8 Å². The van der Waals surface area contributed by atoms with Crippen molar-refractivity contribution in [2.24, 2.45) is 0 Å². The molecule has 1 fully saturated rings. The van der Waals surface area contributed by atoms with Gasteiger partial charge in [-0.3, -0.25) is 0 Å². The molecule has 1 N–H and O–H groups in total. The van der Waals surface area contributed by atoms with E-state index >= 15 is 0 Å². The Hall–Kier alpha value is -0.000000000000000111. The Kier molecular flexibility index (Phi) is 5.01. The van der Waals surface area contributed by atoms with Gasteiger partial charge in [-0.2, -0.15) is 0 Å². The van der Waals surface area contributed by atoms with Gasteiger partial charge in [0, 0.05) is 16.4 Å². The van der Waals surface area contributed by atoms with Crippen LogP contribution in [0, 0.1) is 0 Å². The van der Waals surface area contributed by atoms with E-state index < -0.39 is 10.0 Å². The first-order valence-electron chi connectivity index (χ1n) is 6.01. The Labute approximate surface area is 128 Å². The molecule has 106 valence electrons. The highest BCUT2D eigenvalue weighted by Gasteiger charge is 2.29. The average molecular weight is 343 g/mol. The molecule has 1 aliphatic rings. The van der Waals surface area contributed by atoms with Gasteiger partial charge in [0.25, 0.3) is 0 Å². The molecule has 7 heteroatoms. The molecule has 0 aliphatic heterocycles. The molecule has 1 aromatic carbocycles. The van der Waals surface area contributed by atoms with Crippen LogP contribution in [0.2, 0.25) is 10.0 Å². The minimum atomic E-state index is -3.67. The van der Waals surface area contributed by atoms with E-state index in [0.29, 0.717) is 5.02 Å². The molecule has 0 saturated heterocycles. The van der Waals surface area contributed by atoms with Crippen molar-refractivity contribution in [2.75, 3.05) is 0 Å². The fourth-order valence-corrected chi connectivity index (χ4v) is 4.68. The van der Waals surface area contributed by atoms with E-state index in [0.717, 1.165) is 25.7 Å². The molecule has 0 radical (unpaired) electrons. The van der Waals surface area contributed by atoms with E-state index in [1.807, 2.05) is 0 Å². The van der Waals surface area contributed by atoms with E-state index in [4.69, 9.17) is 34.8 Å². The highest BCUT2D eigenvalue weighted by molar-refractivity contribution is 7.89. The van der Waals surface area contributed by atoms with E-state index in [9.17, 15) is 8.42 Å². The minimum absolute atomic E-state index is 0.0352. The molecule has 0 heterocycles. The number of alkyl halides is 1. The Balaban J connectivity index is 2.22. The first-order chi connectivity index (χ1) is 8.90. The Morgan fingerprint density at radius 2 is 1.84 bits per heavy atom. The van der Waals surface area contributed by atoms with Crippen LogP contribution in [0.15, 0.2) is 23.1 Å². The van der Waals surface area contributed by atoms with Crippen LogP contribution in [0.1, 0.15) is 25.7 Å². The lowest BCUT2D eigenvalue weighted by molar-refractivity contribution is 0.418. The zero-order valence-corrected chi connectivity index (χ0v) is 13.2. The van der Waals surface area contributed by atoms with Crippen LogP contribution in [0.4, 0.5) is 0 Å². The lowest BCUT2D eigenvalue weighted by atomic mass is 9.96. The molecular formula is C12H14Cl3NO2S. The monoisotopic (exact) mass is 341 g/mol. The first-order valence-corrected chi connectivity index (χ1v) is 8.69. The van der Waals surface area contributed by atoms with E-state index in [1.54, 1.807) is 0 Å². The number of nitrogens with one attached hydrogen (secondary N) is 1. The number of hydrogen-bond donors (Lipinski definition) is 1. The summed E-state index contributed by atoms with van der Waals surface area (Å²) in [5.41, 5.74) is 0. The van der Waals surface area contributed by atoms with Crippen molar-refractivity contribution in [3.63, 3.8) is 0 Å². The molecule has 1 saturated carbocycles. The summed E-state index contributed by atoms with van der Waals surface area (Å²) in [5.74, 6) is 0. The van der Waals surface area contributed by atoms with Crippen molar-refractivity contribution in [3.8, 4) is 0 Å². The molecule has 1 aliphatic carbocycles. The summed E-state index contributed by atoms with van der Waals surface area (Å²) in [6.07, 6.45) is 3.58. The number of halogens is 3. The third kappa shape index (κ3) is 3.76. The Morgan fingerprint density at radius 3 is 2.47 bits per heavy atom. The third-order valence-corrected chi connectivity index (χ3v) is 5.90. The molecule has 0 bridgehead atoms. The van der Waals surface area contributed by atoms with Gasteiger partial charge in [-0.05, 0) is 31.0 Å². The summed E-state index contributed by atoms with van der Waals surface area (Å²) in [7, 11) is -3.67. The zero-order valence-electron chi connectivity index (χ0n) is 10.1. The lowest BCUT2D eigenvalue weighted by Crippen LogP contribution is -2.42. The van der Waals surface area contributed by atoms with E-state index in [2.05, 4.69) is 4.72 Å². The van der Waals surface area contributed by atoms with Crippen LogP contribution in [0.3, 0.4) is 0 Å². The Morgan fingerprint density at radius 1 is 1.16 bits per heavy atom. The average Bonchev–Trinajstić information content (AvgIpc) is 2.31. The number of sulfonamides is 1. The molecule has 3 nitrogen and oxygen atoms in total. The predicted molar refractivity (Wildman–Crippen MR) is 78.7 cm³/mol. The van der Waals surface area contributed by atoms with Crippen molar-refractivity contribution in [1.82, 2.24) is 4.72 Å². The summed E-state index contributed by atoms with van der Waals surface area (Å²) in [4.78, 5) is 0.0352. The number of hydrogen-bond acceptors (Lipinski definition) is 2. The molecule has 1 aromatic rings. The fraction of sp³-hybridized carbons (Fsp3) is 0.500. The molecule has 2 rings (SSSR count). The first kappa shape index (κ1) is 15.4. The molecule has 0 aromatic heterocycles. The van der Waals surface area contributed by atoms with Crippen LogP contribution in [0.5, 0.6) is 0 Å². The maximum absolute atomic E-state index is 12.3. The van der Waals surface area contributed by atoms with Gasteiger partial charge in [0.05, 0.1) is 5.02 Å². The van der Waals surface area contributed by atoms with Crippen LogP contribution in [0.25, 0.3) is 0 Å². The fourth-order valence-electron chi connectivity index (χ4n) is 2.17. The number of rotatable bonds is 3. The molecular weight excluding hydrogens is 329 g/mol. The van der Waals surface area contributed by atoms with Gasteiger partial charge in [-0.25, -0.2) is 13.1 Å². The molecule has 0 unspecified atom stereocenters. The summed E-state index contributed by atoms with van der Waals surface area (Å²) in [6.45, 7) is 0. The normalized spacial score (nSPS) is 24.4. The quantitative estimate of drug-likeness (QED) is 0.849. The van der Waals surface area contributed by atoms with E-state index in [1.165, 1.54) is 18.2 Å². The van der Waals surface area contributed by atoms with Crippen molar-refractivity contribution in [3.05, 3.63) is 28.2 Å². The second kappa shape index (κ2) is 6.19. The van der Waals surface area contributed by atoms with Gasteiger partial charge in [0.15, 0.2) is 0 Å². The second-order valence-electron chi connectivity index (χ2n) is 4.60. The number of benzene rings is 1. The zero-order chi connectivity index (χ0) is 14.0. The third-order valence-electron chi connectivity index (χ3n) is 3.17. The maximum Gasteiger partial charge on any atom is 0.242 e. The van der Waals surface area contributed by atoms with Crippen LogP contribution in [-0.2, 0) is 10.0 Å². The van der Waals surface area contributed by atoms with Gasteiger partial charge in [-0.1, -0.05) is 36.0 Å². The predicted octanol–water partition coefficient (Wildman–Crippen LogP) is 3.82. The van der Waals surface area contributed by atoms with Gasteiger partial charge in [-0.15, -0.1) is 11.6 Å². The summed E-state index contributed by atoms with van der Waals surface area (Å²) >= 11 is 17.9. The molecule has 0 spiro atoms. The minimum Gasteiger partial charge on any atom is -0.207 e. The van der Waals surface area contributed by atoms with Gasteiger partial charge in [0.2, 0.25) is 10.0 Å². The van der Waals surface area contributed by atoms with Crippen molar-refractivity contribution in [1.29, 1.82) is 0 Å². The van der Waals surface area contributed by atoms with Crippen molar-refractivity contribution < 1.29 is 8.42 Å². The highest BCUT2D eigenvalue weighted by Crippen LogP contribution is 2.28. The van der Waals surface area contributed by atoms with Crippen LogP contribution < -0.4 is 4.72 Å². The Bertz CT molecular complexity index is 562. The van der Waals surface area contributed by atoms with Crippen molar-refractivity contribution in [2.45, 2.75) is 42.0 Å². The topological polar surface area (TPSA) is 46.2 Å². The van der Waals surface area contributed by atoms with Gasteiger partial charge in [0.1, 0.15) is 4.90 Å². The maximum atomic E-state index is 12.3. The second-order valence-corrected chi connectivity index (χ2v) is 7.69. The molecule has 19 heavy (non-hydrogen) atoms. The summed E-state index contributed by atoms with van der Waals surface area (Å²) in [6, 6.07) is 4.07. The highest BCUT2D eigenvalue weighted by atomic mass is 35.5. The summed E-state index contributed by atoms with van der Waals surface area (Å²) in [5, 5.41) is 0.341. The lowest BCUT2D eigenvalue weighted by Gasteiger charge is -2.27. The van der Waals surface area contributed by atoms with Crippen LogP contribution >= 0.6 is 34.8 Å². The standard InChI is InChI=1S/C12H14Cl3NO2S/c13-8-5-6-12(10(15)7-8)19(17,18)16-11-4-2-1-3-9(11)14/h5-7,9,11,16H,1-4H2/t9-,11-/m0/s1. The van der Waals surface area contributed by atoms with E-state index in [-0.39, 0.29) is 21.3 Å². The smallest absolute Gasteiger partial charge is 0.207 e. The van der Waals surface area contributed by atoms with Gasteiger partial charge < -0.3 is 0 Å². The van der Waals surface area contributed by atoms with Gasteiger partial charge >= 0.3 is 0 Å². The summed E-state index contributed by atoms with van der Waals surface area (Å²) < 4.78 is 27.2. The molecule has 2 atom stereocenters. The largest absolute Gasteiger partial charge is 0.242 e. The van der Waals surface area contributed by atoms with Crippen molar-refractivity contribution >= 4 is 44.8 Å². The SMILES string of the molecule is O=S(=O)(N[C@H]1CCCC[C@@H]1Cl)c1ccc(Cl)cc1Cl. The molecule has 0 amide bonds.